The molecule has 1 nitrogen and oxygen atoms in total. The summed E-state index contributed by atoms with van der Waals surface area (Å²) < 4.78 is 0. The predicted molar refractivity (Wildman–Crippen MR) is 70.5 cm³/mol. The van der Waals surface area contributed by atoms with Crippen LogP contribution in [0.15, 0.2) is 30.3 Å². The van der Waals surface area contributed by atoms with Gasteiger partial charge in [-0.3, -0.25) is 0 Å². The zero-order chi connectivity index (χ0) is 11.5. The molecular formula is C12H19BOP+. The van der Waals surface area contributed by atoms with Gasteiger partial charge in [-0.25, -0.2) is 0 Å². The van der Waals surface area contributed by atoms with Gasteiger partial charge in [-0.05, 0) is 32.9 Å². The summed E-state index contributed by atoms with van der Waals surface area (Å²) in [5.41, 5.74) is 0. The number of hydrogen-bond donors (Lipinski definition) is 1. The Bertz CT molecular complexity index is 307. The van der Waals surface area contributed by atoms with E-state index in [-0.39, 0.29) is 11.8 Å². The lowest BCUT2D eigenvalue weighted by molar-refractivity contribution is 0.321. The van der Waals surface area contributed by atoms with Crippen molar-refractivity contribution in [2.45, 2.75) is 25.9 Å². The van der Waals surface area contributed by atoms with Crippen LogP contribution in [-0.2, 0) is 0 Å². The molecule has 0 aliphatic rings. The van der Waals surface area contributed by atoms with Crippen LogP contribution in [-0.4, -0.2) is 30.6 Å². The van der Waals surface area contributed by atoms with Crippen LogP contribution in [0.1, 0.15) is 20.8 Å². The molecule has 3 heteroatoms. The van der Waals surface area contributed by atoms with Gasteiger partial charge in [-0.1, -0.05) is 18.2 Å². The Morgan fingerprint density at radius 3 is 2.13 bits per heavy atom. The highest BCUT2D eigenvalue weighted by Gasteiger charge is 2.45. The summed E-state index contributed by atoms with van der Waals surface area (Å²) in [7, 11) is 4.80. The summed E-state index contributed by atoms with van der Waals surface area (Å²) in [5, 5.41) is 10.4. The first-order valence-electron chi connectivity index (χ1n) is 5.25. The molecule has 0 aliphatic heterocycles. The van der Waals surface area contributed by atoms with Crippen molar-refractivity contribution in [3.05, 3.63) is 30.3 Å². The monoisotopic (exact) mass is 221 g/mol. The second-order valence-corrected chi connectivity index (χ2v) is 8.87. The van der Waals surface area contributed by atoms with Crippen LogP contribution in [0.3, 0.4) is 0 Å². The van der Waals surface area contributed by atoms with Gasteiger partial charge in [0.05, 0.1) is 23.2 Å². The van der Waals surface area contributed by atoms with E-state index in [0.717, 1.165) is 0 Å². The fraction of sp³-hybridized carbons (Fsp3) is 0.500. The quantitative estimate of drug-likeness (QED) is 0.612. The summed E-state index contributed by atoms with van der Waals surface area (Å²) in [6.45, 7) is 6.63. The number of rotatable bonds is 3. The van der Waals surface area contributed by atoms with Crippen molar-refractivity contribution in [1.82, 2.24) is 0 Å². The van der Waals surface area contributed by atoms with Gasteiger partial charge in [0.25, 0.3) is 0 Å². The van der Waals surface area contributed by atoms with Crippen molar-refractivity contribution in [3.8, 4) is 0 Å². The molecule has 2 radical (unpaired) electrons. The lowest BCUT2D eigenvalue weighted by Crippen LogP contribution is -2.32. The fourth-order valence-corrected chi connectivity index (χ4v) is 4.43. The summed E-state index contributed by atoms with van der Waals surface area (Å²) in [6, 6.07) is 10.2. The summed E-state index contributed by atoms with van der Waals surface area (Å²) in [4.78, 5) is 0. The topological polar surface area (TPSA) is 20.2 Å². The van der Waals surface area contributed by atoms with Crippen LogP contribution in [0.25, 0.3) is 0 Å². The van der Waals surface area contributed by atoms with Crippen molar-refractivity contribution < 1.29 is 5.11 Å². The predicted octanol–water partition coefficient (Wildman–Crippen LogP) is 2.20. The van der Waals surface area contributed by atoms with Gasteiger partial charge in [0.15, 0.2) is 0 Å². The Morgan fingerprint density at radius 2 is 1.73 bits per heavy atom. The molecule has 15 heavy (non-hydrogen) atoms. The fourth-order valence-electron chi connectivity index (χ4n) is 1.70. The van der Waals surface area contributed by atoms with Crippen molar-refractivity contribution in [2.24, 2.45) is 0 Å². The SMILES string of the molecule is [B][P+](CCO)(c1ccccc1)C(C)(C)C. The third-order valence-electron chi connectivity index (χ3n) is 2.87. The molecule has 0 heterocycles. The van der Waals surface area contributed by atoms with E-state index in [1.54, 1.807) is 0 Å². The van der Waals surface area contributed by atoms with Crippen molar-refractivity contribution in [3.63, 3.8) is 0 Å². The highest BCUT2D eigenvalue weighted by Crippen LogP contribution is 2.63. The molecular weight excluding hydrogens is 202 g/mol. The third-order valence-corrected chi connectivity index (χ3v) is 7.39. The van der Waals surface area contributed by atoms with Gasteiger partial charge in [-0.15, -0.1) is 0 Å². The normalized spacial score (nSPS) is 16.0. The maximum absolute atomic E-state index is 9.17. The molecule has 0 amide bonds. The van der Waals surface area contributed by atoms with Crippen LogP contribution < -0.4 is 5.30 Å². The van der Waals surface area contributed by atoms with Crippen LogP contribution in [0.4, 0.5) is 0 Å². The summed E-state index contributed by atoms with van der Waals surface area (Å²) in [5.74, 6) is 0. The molecule has 80 valence electrons. The molecule has 1 atom stereocenters. The lowest BCUT2D eigenvalue weighted by Gasteiger charge is -2.35. The zero-order valence-corrected chi connectivity index (χ0v) is 10.7. The van der Waals surface area contributed by atoms with Gasteiger partial charge in [0, 0.05) is 7.14 Å². The Balaban J connectivity index is 3.13. The standard InChI is InChI=1S/C12H19BOP/c1-12(2,3)15(13,10-9-14)11-7-5-4-6-8-11/h4-8,14H,9-10H2,1-3H3/q+1. The third kappa shape index (κ3) is 2.62. The highest BCUT2D eigenvalue weighted by molar-refractivity contribution is 8.04. The van der Waals surface area contributed by atoms with E-state index < -0.39 is 7.14 Å². The molecule has 0 saturated heterocycles. The minimum atomic E-state index is -1.76. The van der Waals surface area contributed by atoms with Gasteiger partial charge >= 0.3 is 7.57 Å². The zero-order valence-electron chi connectivity index (χ0n) is 9.77. The van der Waals surface area contributed by atoms with E-state index in [9.17, 15) is 5.11 Å². The molecule has 1 aromatic carbocycles. The first-order chi connectivity index (χ1) is 6.92. The molecule has 0 aliphatic carbocycles. The maximum Gasteiger partial charge on any atom is 0.371 e. The second-order valence-electron chi connectivity index (χ2n) is 4.82. The molecule has 1 rings (SSSR count). The van der Waals surface area contributed by atoms with Crippen LogP contribution in [0.2, 0.25) is 0 Å². The van der Waals surface area contributed by atoms with Gasteiger partial charge in [-0.2, -0.15) is 0 Å². The van der Waals surface area contributed by atoms with E-state index in [1.165, 1.54) is 5.30 Å². The van der Waals surface area contributed by atoms with Gasteiger partial charge in [0.1, 0.15) is 0 Å². The largest absolute Gasteiger partial charge is 0.393 e. The summed E-state index contributed by atoms with van der Waals surface area (Å²) in [6.07, 6.45) is 0.695. The molecule has 1 aromatic rings. The highest BCUT2D eigenvalue weighted by atomic mass is 31.2. The Morgan fingerprint density at radius 1 is 1.20 bits per heavy atom. The van der Waals surface area contributed by atoms with Gasteiger partial charge in [0.2, 0.25) is 0 Å². The number of aliphatic hydroxyl groups is 1. The van der Waals surface area contributed by atoms with Crippen LogP contribution in [0, 0.1) is 0 Å². The average Bonchev–Trinajstić information content (AvgIpc) is 2.18. The first kappa shape index (κ1) is 12.7. The van der Waals surface area contributed by atoms with Crippen LogP contribution in [0.5, 0.6) is 0 Å². The number of benzene rings is 1. The average molecular weight is 221 g/mol. The van der Waals surface area contributed by atoms with E-state index in [2.05, 4.69) is 32.9 Å². The maximum atomic E-state index is 9.17. The molecule has 0 spiro atoms. The second kappa shape index (κ2) is 4.68. The number of hydrogen-bond acceptors (Lipinski definition) is 1. The lowest BCUT2D eigenvalue weighted by atomic mass is 10.2. The molecule has 0 bridgehead atoms. The number of aliphatic hydroxyl groups excluding tert-OH is 1. The Hall–Kier alpha value is -0.325. The minimum absolute atomic E-state index is 0.0388. The van der Waals surface area contributed by atoms with E-state index in [1.807, 2.05) is 18.2 Å². The van der Waals surface area contributed by atoms with Crippen molar-refractivity contribution in [1.29, 1.82) is 0 Å². The molecule has 1 N–H and O–H groups in total. The molecule has 0 fully saturated rings. The van der Waals surface area contributed by atoms with Crippen LogP contribution >= 0.6 is 7.14 Å². The summed E-state index contributed by atoms with van der Waals surface area (Å²) >= 11 is 0. The van der Waals surface area contributed by atoms with E-state index in [0.29, 0.717) is 6.16 Å². The minimum Gasteiger partial charge on any atom is -0.393 e. The molecule has 0 aromatic heterocycles. The Labute approximate surface area is 94.6 Å². The van der Waals surface area contributed by atoms with Crippen molar-refractivity contribution in [2.75, 3.05) is 12.8 Å². The van der Waals surface area contributed by atoms with E-state index in [4.69, 9.17) is 7.57 Å². The Kier molecular flexibility index (Phi) is 3.97. The molecule has 0 saturated carbocycles. The van der Waals surface area contributed by atoms with E-state index >= 15 is 0 Å². The van der Waals surface area contributed by atoms with Crippen molar-refractivity contribution >= 4 is 20.0 Å². The first-order valence-corrected chi connectivity index (χ1v) is 7.29. The molecule has 1 unspecified atom stereocenters. The smallest absolute Gasteiger partial charge is 0.371 e. The van der Waals surface area contributed by atoms with Gasteiger partial charge < -0.3 is 5.11 Å².